The van der Waals surface area contributed by atoms with Crippen LogP contribution in [0.5, 0.6) is 0 Å². The molecule has 0 aromatic carbocycles. The highest BCUT2D eigenvalue weighted by molar-refractivity contribution is 5.73. The number of rotatable bonds is 11. The molecule has 48 heavy (non-hydrogen) atoms. The van der Waals surface area contributed by atoms with E-state index in [2.05, 4.69) is 5.32 Å². The predicted molar refractivity (Wildman–Crippen MR) is 145 cm³/mol. The summed E-state index contributed by atoms with van der Waals surface area (Å²) in [4.78, 5) is 12.2. The van der Waals surface area contributed by atoms with Crippen LogP contribution in [0.15, 0.2) is 0 Å². The fourth-order valence-corrected chi connectivity index (χ4v) is 5.95. The Labute approximate surface area is 272 Å². The Kier molecular flexibility index (Phi) is 13.8. The molecule has 4 rings (SSSR count). The first kappa shape index (κ1) is 39.5. The second-order valence-corrected chi connectivity index (χ2v) is 11.9. The first-order valence-corrected chi connectivity index (χ1v) is 15.1. The van der Waals surface area contributed by atoms with Gasteiger partial charge in [0.25, 0.3) is 0 Å². The molecule has 4 fully saturated rings. The minimum Gasteiger partial charge on any atom is -0.394 e. The van der Waals surface area contributed by atoms with Crippen LogP contribution >= 0.6 is 0 Å². The maximum atomic E-state index is 12.2. The van der Waals surface area contributed by atoms with Gasteiger partial charge in [-0.05, 0) is 0 Å². The van der Waals surface area contributed by atoms with Gasteiger partial charge in [-0.1, -0.05) is 0 Å². The standard InChI is InChI=1S/C26H45NO21/c1-6(32)27-11-14(35)20(46-25-18(39)15(36)12(33)7(2-28)43-25)10(5-31)45-24(11)48-22-13(34)8(3-29)44-26(19(22)40)47-21-9(4-30)42-23(41)17(38)16(21)37/h7-26,28-31,33-41H,2-5H2,1H3,(H,27,32)/t7?,8?,9?,10?,11?,12?,13?,14?,15?,16-,17+,18?,19?,20?,21-,22?,23?,24?,25?,26?/m1/s1. The van der Waals surface area contributed by atoms with Gasteiger partial charge in [0.15, 0.2) is 25.2 Å². The van der Waals surface area contributed by atoms with Crippen molar-refractivity contribution in [2.75, 3.05) is 26.4 Å². The van der Waals surface area contributed by atoms with E-state index < -0.39 is 155 Å². The molecule has 4 aliphatic rings. The first-order valence-electron chi connectivity index (χ1n) is 15.1. The van der Waals surface area contributed by atoms with Crippen molar-refractivity contribution in [2.24, 2.45) is 0 Å². The number of aliphatic hydroxyl groups excluding tert-OH is 13. The topological polar surface area (TPSA) is 357 Å². The van der Waals surface area contributed by atoms with Crippen LogP contribution in [-0.4, -0.2) is 221 Å². The summed E-state index contributed by atoms with van der Waals surface area (Å²) in [5.41, 5.74) is 0. The average molecular weight is 708 g/mol. The van der Waals surface area contributed by atoms with Gasteiger partial charge in [0.2, 0.25) is 5.91 Å². The minimum absolute atomic E-state index is 0.755. The highest BCUT2D eigenvalue weighted by Gasteiger charge is 2.55. The molecule has 0 aromatic rings. The van der Waals surface area contributed by atoms with Crippen molar-refractivity contribution in [2.45, 2.75) is 130 Å². The van der Waals surface area contributed by atoms with E-state index in [-0.39, 0.29) is 0 Å². The third-order valence-corrected chi connectivity index (χ3v) is 8.61. The van der Waals surface area contributed by atoms with Crippen molar-refractivity contribution in [1.29, 1.82) is 0 Å². The van der Waals surface area contributed by atoms with E-state index in [0.29, 0.717) is 0 Å². The Balaban J connectivity index is 1.56. The van der Waals surface area contributed by atoms with E-state index in [1.807, 2.05) is 0 Å². The quantitative estimate of drug-likeness (QED) is 0.0947. The van der Waals surface area contributed by atoms with E-state index >= 15 is 0 Å². The summed E-state index contributed by atoms with van der Waals surface area (Å²) in [5, 5.41) is 136. The van der Waals surface area contributed by atoms with Gasteiger partial charge in [0.05, 0.1) is 26.4 Å². The van der Waals surface area contributed by atoms with E-state index in [1.54, 1.807) is 0 Å². The number of amides is 1. The predicted octanol–water partition coefficient (Wildman–Crippen LogP) is -9.61. The molecule has 0 bridgehead atoms. The lowest BCUT2D eigenvalue weighted by Gasteiger charge is -2.49. The zero-order chi connectivity index (χ0) is 35.6. The summed E-state index contributed by atoms with van der Waals surface area (Å²) in [6, 6.07) is -1.61. The Morgan fingerprint density at radius 2 is 0.958 bits per heavy atom. The summed E-state index contributed by atoms with van der Waals surface area (Å²) in [6.07, 6.45) is -33.5. The van der Waals surface area contributed by atoms with E-state index in [4.69, 9.17) is 33.2 Å². The van der Waals surface area contributed by atoms with Gasteiger partial charge >= 0.3 is 0 Å². The molecule has 0 aliphatic carbocycles. The van der Waals surface area contributed by atoms with Crippen LogP contribution in [0.3, 0.4) is 0 Å². The second kappa shape index (κ2) is 16.8. The second-order valence-electron chi connectivity index (χ2n) is 11.9. The summed E-state index contributed by atoms with van der Waals surface area (Å²) in [7, 11) is 0. The Bertz CT molecular complexity index is 1030. The third-order valence-electron chi connectivity index (χ3n) is 8.61. The molecule has 0 radical (unpaired) electrons. The van der Waals surface area contributed by atoms with Crippen LogP contribution in [-0.2, 0) is 38.0 Å². The minimum atomic E-state index is -2.02. The molecule has 4 aliphatic heterocycles. The lowest BCUT2D eigenvalue weighted by molar-refractivity contribution is -0.380. The van der Waals surface area contributed by atoms with Gasteiger partial charge in [-0.15, -0.1) is 0 Å². The number of ether oxygens (including phenoxy) is 7. The van der Waals surface area contributed by atoms with Crippen molar-refractivity contribution in [3.63, 3.8) is 0 Å². The SMILES string of the molecule is CC(=O)NC1C(OC2C(O)C(CO)OC(O[C@@H]3C(CO)OC(O)[C@@H](O)[C@H]3O)C2O)OC(CO)C(OC2OC(CO)C(O)C(O)C2O)C1O. The number of hydrogen-bond acceptors (Lipinski definition) is 21. The molecular weight excluding hydrogens is 662 g/mol. The Hall–Kier alpha value is -1.33. The Morgan fingerprint density at radius 3 is 1.50 bits per heavy atom. The normalized spacial score (nSPS) is 50.2. The van der Waals surface area contributed by atoms with Crippen LogP contribution in [0.25, 0.3) is 0 Å². The number of carbonyl (C=O) groups excluding carboxylic acids is 1. The summed E-state index contributed by atoms with van der Waals surface area (Å²) in [5.74, 6) is -0.755. The molecule has 22 nitrogen and oxygen atoms in total. The highest BCUT2D eigenvalue weighted by Crippen LogP contribution is 2.34. The van der Waals surface area contributed by atoms with Gasteiger partial charge in [-0.2, -0.15) is 0 Å². The maximum absolute atomic E-state index is 12.2. The van der Waals surface area contributed by atoms with Crippen molar-refractivity contribution in [3.05, 3.63) is 0 Å². The van der Waals surface area contributed by atoms with E-state index in [0.717, 1.165) is 6.92 Å². The summed E-state index contributed by atoms with van der Waals surface area (Å²) >= 11 is 0. The van der Waals surface area contributed by atoms with Crippen LogP contribution in [0.2, 0.25) is 0 Å². The summed E-state index contributed by atoms with van der Waals surface area (Å²) < 4.78 is 38.5. The van der Waals surface area contributed by atoms with Crippen molar-refractivity contribution in [3.8, 4) is 0 Å². The molecule has 22 heteroatoms. The van der Waals surface area contributed by atoms with Crippen LogP contribution in [0, 0.1) is 0 Å². The van der Waals surface area contributed by atoms with E-state index in [9.17, 15) is 71.2 Å². The van der Waals surface area contributed by atoms with Gasteiger partial charge in [0, 0.05) is 6.92 Å². The average Bonchev–Trinajstić information content (AvgIpc) is 3.06. The lowest BCUT2D eigenvalue weighted by Crippen LogP contribution is -2.69. The highest BCUT2D eigenvalue weighted by atomic mass is 16.8. The zero-order valence-corrected chi connectivity index (χ0v) is 25.5. The monoisotopic (exact) mass is 707 g/mol. The summed E-state index contributed by atoms with van der Waals surface area (Å²) in [6.45, 7) is -2.37. The van der Waals surface area contributed by atoms with E-state index in [1.165, 1.54) is 0 Å². The fourth-order valence-electron chi connectivity index (χ4n) is 5.95. The molecule has 0 spiro atoms. The fraction of sp³-hybridized carbons (Fsp3) is 0.962. The van der Waals surface area contributed by atoms with Crippen molar-refractivity contribution >= 4 is 5.91 Å². The number of carbonyl (C=O) groups is 1. The van der Waals surface area contributed by atoms with Crippen LogP contribution < -0.4 is 5.32 Å². The maximum Gasteiger partial charge on any atom is 0.217 e. The molecule has 0 saturated carbocycles. The zero-order valence-electron chi connectivity index (χ0n) is 25.5. The van der Waals surface area contributed by atoms with Gasteiger partial charge in [0.1, 0.15) is 97.6 Å². The number of nitrogens with one attached hydrogen (secondary N) is 1. The molecule has 4 heterocycles. The number of hydrogen-bond donors (Lipinski definition) is 14. The van der Waals surface area contributed by atoms with Crippen molar-refractivity contribution < 1.29 is 104 Å². The van der Waals surface area contributed by atoms with Gasteiger partial charge < -0.3 is 105 Å². The first-order chi connectivity index (χ1) is 22.7. The van der Waals surface area contributed by atoms with Crippen molar-refractivity contribution in [1.82, 2.24) is 5.32 Å². The molecule has 4 saturated heterocycles. The lowest BCUT2D eigenvalue weighted by atomic mass is 9.94. The smallest absolute Gasteiger partial charge is 0.217 e. The van der Waals surface area contributed by atoms with Gasteiger partial charge in [-0.3, -0.25) is 4.79 Å². The molecule has 17 unspecified atom stereocenters. The Morgan fingerprint density at radius 1 is 0.500 bits per heavy atom. The van der Waals surface area contributed by atoms with Gasteiger partial charge in [-0.25, -0.2) is 0 Å². The molecular formula is C26H45NO21. The van der Waals surface area contributed by atoms with Crippen LogP contribution in [0.4, 0.5) is 0 Å². The molecule has 20 atom stereocenters. The largest absolute Gasteiger partial charge is 0.394 e. The van der Waals surface area contributed by atoms with Crippen LogP contribution in [0.1, 0.15) is 6.92 Å². The number of aliphatic hydroxyl groups is 13. The molecule has 14 N–H and O–H groups in total. The molecule has 0 aromatic heterocycles. The molecule has 1 amide bonds. The molecule has 280 valence electrons. The third kappa shape index (κ3) is 8.08.